The number of hydrogen-bond acceptors (Lipinski definition) is 3. The van der Waals surface area contributed by atoms with Gasteiger partial charge >= 0.3 is 5.97 Å². The largest absolute Gasteiger partial charge is 0.478 e. The summed E-state index contributed by atoms with van der Waals surface area (Å²) in [5.74, 6) is -0.569. The van der Waals surface area contributed by atoms with Gasteiger partial charge in [0.1, 0.15) is 11.4 Å². The highest BCUT2D eigenvalue weighted by Crippen LogP contribution is 2.16. The summed E-state index contributed by atoms with van der Waals surface area (Å²) < 4.78 is 1.50. The van der Waals surface area contributed by atoms with Crippen LogP contribution in [0.15, 0.2) is 16.9 Å². The lowest BCUT2D eigenvalue weighted by molar-refractivity contribution is 0.0697. The molecule has 0 saturated carbocycles. The van der Waals surface area contributed by atoms with Crippen molar-refractivity contribution in [1.82, 2.24) is 4.57 Å². The van der Waals surface area contributed by atoms with E-state index in [4.69, 9.17) is 5.11 Å². The molecule has 5 heteroatoms. The number of pyridine rings is 1. The Bertz CT molecular complexity index is 450. The Morgan fingerprint density at radius 3 is 2.93 bits per heavy atom. The highest BCUT2D eigenvalue weighted by molar-refractivity contribution is 5.93. The van der Waals surface area contributed by atoms with Gasteiger partial charge in [-0.15, -0.1) is 0 Å². The van der Waals surface area contributed by atoms with Crippen molar-refractivity contribution in [3.8, 4) is 0 Å². The zero-order chi connectivity index (χ0) is 10.8. The molecular weight excluding hydrogens is 196 g/mol. The van der Waals surface area contributed by atoms with E-state index in [1.54, 1.807) is 0 Å². The predicted octanol–water partition coefficient (Wildman–Crippen LogP) is 0.752. The molecule has 0 fully saturated rings. The van der Waals surface area contributed by atoms with Gasteiger partial charge in [-0.3, -0.25) is 9.36 Å². The molecule has 1 aliphatic rings. The summed E-state index contributed by atoms with van der Waals surface area (Å²) in [5, 5.41) is 12.0. The molecule has 2 N–H and O–H groups in total. The Hall–Kier alpha value is -1.78. The molecule has 0 saturated heterocycles. The minimum Gasteiger partial charge on any atom is -0.478 e. The number of fused-ring (bicyclic) bond motifs is 1. The summed E-state index contributed by atoms with van der Waals surface area (Å²) in [6, 6.07) is 2.66. The summed E-state index contributed by atoms with van der Waals surface area (Å²) in [7, 11) is 0. The molecule has 0 aliphatic carbocycles. The third kappa shape index (κ3) is 1.72. The van der Waals surface area contributed by atoms with E-state index in [2.05, 4.69) is 5.32 Å². The number of aromatic nitrogens is 1. The number of carbonyl (C=O) groups is 1. The van der Waals surface area contributed by atoms with Crippen LogP contribution in [0.25, 0.3) is 0 Å². The standard InChI is InChI=1S/C10H12N2O3/c13-8-4-3-7(10(14)15)9-11-5-1-2-6-12(8)9/h3-4,11H,1-2,5-6H2,(H,14,15). The fourth-order valence-electron chi connectivity index (χ4n) is 1.77. The minimum absolute atomic E-state index is 0.149. The lowest BCUT2D eigenvalue weighted by atomic mass is 10.2. The van der Waals surface area contributed by atoms with E-state index in [0.29, 0.717) is 18.9 Å². The quantitative estimate of drug-likeness (QED) is 0.714. The van der Waals surface area contributed by atoms with Crippen LogP contribution in [0.5, 0.6) is 0 Å². The van der Waals surface area contributed by atoms with Crippen molar-refractivity contribution in [2.45, 2.75) is 19.4 Å². The zero-order valence-electron chi connectivity index (χ0n) is 8.19. The molecule has 0 aromatic carbocycles. The first-order valence-electron chi connectivity index (χ1n) is 4.91. The Balaban J connectivity index is 2.61. The molecule has 0 spiro atoms. The highest BCUT2D eigenvalue weighted by Gasteiger charge is 2.16. The number of nitrogens with zero attached hydrogens (tertiary/aromatic N) is 1. The molecule has 0 unspecified atom stereocenters. The molecular formula is C10H12N2O3. The van der Waals surface area contributed by atoms with Gasteiger partial charge < -0.3 is 10.4 Å². The van der Waals surface area contributed by atoms with Gasteiger partial charge in [0.25, 0.3) is 5.56 Å². The average molecular weight is 208 g/mol. The van der Waals surface area contributed by atoms with Gasteiger partial charge in [-0.1, -0.05) is 0 Å². The summed E-state index contributed by atoms with van der Waals surface area (Å²) in [5.41, 5.74) is 0.0147. The van der Waals surface area contributed by atoms with Crippen molar-refractivity contribution in [1.29, 1.82) is 0 Å². The van der Waals surface area contributed by atoms with E-state index in [1.807, 2.05) is 0 Å². The number of nitrogens with one attached hydrogen (secondary N) is 1. The van der Waals surface area contributed by atoms with E-state index < -0.39 is 5.97 Å². The molecule has 0 atom stereocenters. The lowest BCUT2D eigenvalue weighted by Gasteiger charge is -2.12. The van der Waals surface area contributed by atoms with Gasteiger partial charge in [-0.25, -0.2) is 4.79 Å². The molecule has 15 heavy (non-hydrogen) atoms. The maximum absolute atomic E-state index is 11.5. The van der Waals surface area contributed by atoms with E-state index >= 15 is 0 Å². The molecule has 2 rings (SSSR count). The van der Waals surface area contributed by atoms with Crippen molar-refractivity contribution in [2.24, 2.45) is 0 Å². The second-order valence-electron chi connectivity index (χ2n) is 3.52. The Morgan fingerprint density at radius 1 is 1.40 bits per heavy atom. The van der Waals surface area contributed by atoms with Crippen LogP contribution in [0.2, 0.25) is 0 Å². The zero-order valence-corrected chi connectivity index (χ0v) is 8.19. The van der Waals surface area contributed by atoms with Gasteiger partial charge in [0.2, 0.25) is 0 Å². The van der Waals surface area contributed by atoms with Crippen molar-refractivity contribution >= 4 is 11.8 Å². The van der Waals surface area contributed by atoms with Crippen LogP contribution in [-0.4, -0.2) is 22.2 Å². The molecule has 1 aliphatic heterocycles. The second kappa shape index (κ2) is 3.76. The Morgan fingerprint density at radius 2 is 2.20 bits per heavy atom. The Kier molecular flexibility index (Phi) is 2.45. The number of hydrogen-bond donors (Lipinski definition) is 2. The van der Waals surface area contributed by atoms with Gasteiger partial charge in [0.15, 0.2) is 0 Å². The van der Waals surface area contributed by atoms with Crippen molar-refractivity contribution < 1.29 is 9.90 Å². The predicted molar refractivity (Wildman–Crippen MR) is 55.4 cm³/mol. The van der Waals surface area contributed by atoms with Gasteiger partial charge in [0, 0.05) is 19.2 Å². The first-order chi connectivity index (χ1) is 7.20. The summed E-state index contributed by atoms with van der Waals surface area (Å²) in [6.07, 6.45) is 1.84. The molecule has 2 heterocycles. The van der Waals surface area contributed by atoms with Crippen LogP contribution in [0.4, 0.5) is 5.82 Å². The van der Waals surface area contributed by atoms with Gasteiger partial charge in [0.05, 0.1) is 0 Å². The van der Waals surface area contributed by atoms with Crippen LogP contribution in [0.1, 0.15) is 23.2 Å². The molecule has 80 valence electrons. The molecule has 1 aromatic rings. The van der Waals surface area contributed by atoms with Crippen molar-refractivity contribution in [2.75, 3.05) is 11.9 Å². The maximum Gasteiger partial charge on any atom is 0.339 e. The monoisotopic (exact) mass is 208 g/mol. The van der Waals surface area contributed by atoms with E-state index in [-0.39, 0.29) is 11.1 Å². The summed E-state index contributed by atoms with van der Waals surface area (Å²) in [6.45, 7) is 1.30. The van der Waals surface area contributed by atoms with Crippen LogP contribution in [0, 0.1) is 0 Å². The smallest absolute Gasteiger partial charge is 0.339 e. The van der Waals surface area contributed by atoms with Gasteiger partial charge in [-0.05, 0) is 18.9 Å². The average Bonchev–Trinajstić information content (AvgIpc) is 2.43. The summed E-state index contributed by atoms with van der Waals surface area (Å²) >= 11 is 0. The minimum atomic E-state index is -1.01. The fourth-order valence-corrected chi connectivity index (χ4v) is 1.77. The fraction of sp³-hybridized carbons (Fsp3) is 0.400. The van der Waals surface area contributed by atoms with E-state index in [0.717, 1.165) is 12.8 Å². The third-order valence-corrected chi connectivity index (χ3v) is 2.51. The molecule has 0 amide bonds. The first-order valence-corrected chi connectivity index (χ1v) is 4.91. The third-order valence-electron chi connectivity index (χ3n) is 2.51. The highest BCUT2D eigenvalue weighted by atomic mass is 16.4. The SMILES string of the molecule is O=C(O)c1ccc(=O)n2c1NCCCC2. The van der Waals surface area contributed by atoms with Gasteiger partial charge in [-0.2, -0.15) is 0 Å². The number of rotatable bonds is 1. The molecule has 0 bridgehead atoms. The number of carboxylic acids is 1. The van der Waals surface area contributed by atoms with Crippen LogP contribution in [-0.2, 0) is 6.54 Å². The second-order valence-corrected chi connectivity index (χ2v) is 3.52. The number of anilines is 1. The Labute approximate surface area is 86.3 Å². The lowest BCUT2D eigenvalue weighted by Crippen LogP contribution is -2.23. The van der Waals surface area contributed by atoms with E-state index in [9.17, 15) is 9.59 Å². The van der Waals surface area contributed by atoms with Crippen LogP contribution in [0.3, 0.4) is 0 Å². The summed E-state index contributed by atoms with van der Waals surface area (Å²) in [4.78, 5) is 22.5. The molecule has 5 nitrogen and oxygen atoms in total. The first kappa shape index (κ1) is 9.76. The van der Waals surface area contributed by atoms with Crippen molar-refractivity contribution in [3.63, 3.8) is 0 Å². The number of carboxylic acid groups (broad SMARTS) is 1. The van der Waals surface area contributed by atoms with Crippen LogP contribution >= 0.6 is 0 Å². The van der Waals surface area contributed by atoms with Crippen LogP contribution < -0.4 is 10.9 Å². The van der Waals surface area contributed by atoms with E-state index in [1.165, 1.54) is 16.7 Å². The topological polar surface area (TPSA) is 71.3 Å². The van der Waals surface area contributed by atoms with Crippen molar-refractivity contribution in [3.05, 3.63) is 28.0 Å². The normalized spacial score (nSPS) is 14.9. The maximum atomic E-state index is 11.5. The number of aromatic carboxylic acids is 1. The molecule has 1 aromatic heterocycles. The molecule has 0 radical (unpaired) electrons.